The van der Waals surface area contributed by atoms with Gasteiger partial charge in [0.2, 0.25) is 0 Å². The van der Waals surface area contributed by atoms with Crippen molar-refractivity contribution in [2.75, 3.05) is 69.1 Å². The van der Waals surface area contributed by atoms with E-state index in [0.29, 0.717) is 44.3 Å². The predicted molar refractivity (Wildman–Crippen MR) is 160 cm³/mol. The maximum Gasteiger partial charge on any atom is 0.258 e. The minimum Gasteiger partial charge on any atom is -0.497 e. The van der Waals surface area contributed by atoms with Crippen molar-refractivity contribution in [2.24, 2.45) is 0 Å². The van der Waals surface area contributed by atoms with Gasteiger partial charge in [0.15, 0.2) is 11.6 Å². The molecular weight excluding hydrogens is 558 g/mol. The first-order valence-corrected chi connectivity index (χ1v) is 14.5. The molecule has 3 N–H and O–H groups in total. The van der Waals surface area contributed by atoms with Crippen molar-refractivity contribution in [3.05, 3.63) is 64.7 Å². The molecule has 3 aliphatic heterocycles. The zero-order valence-corrected chi connectivity index (χ0v) is 24.3. The molecule has 12 heteroatoms. The number of hydrogen-bond acceptors (Lipinski definition) is 9. The smallest absolute Gasteiger partial charge is 0.258 e. The van der Waals surface area contributed by atoms with Crippen molar-refractivity contribution in [3.63, 3.8) is 0 Å². The van der Waals surface area contributed by atoms with Crippen molar-refractivity contribution in [1.29, 1.82) is 0 Å². The number of amides is 1. The van der Waals surface area contributed by atoms with Crippen molar-refractivity contribution >= 4 is 28.9 Å². The Morgan fingerprint density at radius 2 is 1.93 bits per heavy atom. The van der Waals surface area contributed by atoms with Gasteiger partial charge in [-0.25, -0.2) is 13.8 Å². The average molecular weight is 595 g/mol. The molecule has 6 rings (SSSR count). The van der Waals surface area contributed by atoms with Crippen molar-refractivity contribution in [2.45, 2.75) is 32.0 Å². The van der Waals surface area contributed by atoms with Crippen molar-refractivity contribution < 1.29 is 27.8 Å². The summed E-state index contributed by atoms with van der Waals surface area (Å²) in [7, 11) is 3.11. The minimum atomic E-state index is -0.577. The molecular formula is C31H36F2N6O4. The molecule has 1 amide bonds. The van der Waals surface area contributed by atoms with Gasteiger partial charge in [0.25, 0.3) is 5.91 Å². The van der Waals surface area contributed by atoms with Crippen LogP contribution in [0.5, 0.6) is 11.5 Å². The molecule has 4 heterocycles. The maximum atomic E-state index is 16.0. The Morgan fingerprint density at radius 1 is 1.09 bits per heavy atom. The number of anilines is 4. The Balaban J connectivity index is 1.33. The molecule has 0 saturated carbocycles. The van der Waals surface area contributed by atoms with Crippen LogP contribution in [-0.2, 0) is 17.8 Å². The van der Waals surface area contributed by atoms with E-state index in [1.54, 1.807) is 32.4 Å². The van der Waals surface area contributed by atoms with Gasteiger partial charge < -0.3 is 40.0 Å². The number of pyridine rings is 1. The number of morpholine rings is 1. The summed E-state index contributed by atoms with van der Waals surface area (Å²) in [5, 5.41) is 9.55. The highest BCUT2D eigenvalue weighted by molar-refractivity contribution is 6.03. The van der Waals surface area contributed by atoms with E-state index in [1.165, 1.54) is 11.0 Å². The van der Waals surface area contributed by atoms with Crippen LogP contribution >= 0.6 is 0 Å². The van der Waals surface area contributed by atoms with Crippen LogP contribution in [0, 0.1) is 11.6 Å². The van der Waals surface area contributed by atoms with Crippen LogP contribution in [0.25, 0.3) is 0 Å². The zero-order valence-electron chi connectivity index (χ0n) is 24.3. The van der Waals surface area contributed by atoms with Gasteiger partial charge in [-0.1, -0.05) is 0 Å². The highest BCUT2D eigenvalue weighted by atomic mass is 19.1. The Bertz CT molecular complexity index is 1490. The third kappa shape index (κ3) is 6.02. The van der Waals surface area contributed by atoms with Crippen LogP contribution < -0.4 is 30.3 Å². The molecule has 0 radical (unpaired) electrons. The molecule has 3 aromatic rings. The monoisotopic (exact) mass is 594 g/mol. The summed E-state index contributed by atoms with van der Waals surface area (Å²) >= 11 is 0. The number of carbonyl (C=O) groups is 1. The molecule has 0 unspecified atom stereocenters. The van der Waals surface area contributed by atoms with Crippen LogP contribution in [0.1, 0.15) is 34.3 Å². The van der Waals surface area contributed by atoms with E-state index in [2.05, 4.69) is 25.8 Å². The molecule has 0 bridgehead atoms. The molecule has 2 fully saturated rings. The van der Waals surface area contributed by atoms with E-state index in [1.807, 2.05) is 12.1 Å². The lowest BCUT2D eigenvalue weighted by molar-refractivity contribution is 0.0766. The van der Waals surface area contributed by atoms with Gasteiger partial charge in [-0.15, -0.1) is 0 Å². The fourth-order valence-electron chi connectivity index (χ4n) is 5.83. The lowest BCUT2D eigenvalue weighted by Crippen LogP contribution is -2.39. The average Bonchev–Trinajstić information content (AvgIpc) is 3.37. The third-order valence-corrected chi connectivity index (χ3v) is 8.16. The summed E-state index contributed by atoms with van der Waals surface area (Å²) in [5.74, 6) is -0.167. The Morgan fingerprint density at radius 3 is 2.65 bits per heavy atom. The standard InChI is InChI=1S/C31H36F2N6O4/c1-41-22-7-5-19(26(15-22)42-2)17-39-18-23-27(31(39)40)29(37-30(28(23)33)35-20-4-3-9-34-16-20)36-25-8-6-21(14-24(25)32)38-10-12-43-13-11-38/h5-8,14-15,20,34H,3-4,9-13,16-18H2,1-2H3,(H2,35,36,37)/t20-/m1/s1. The highest BCUT2D eigenvalue weighted by Gasteiger charge is 2.36. The highest BCUT2D eigenvalue weighted by Crippen LogP contribution is 2.38. The van der Waals surface area contributed by atoms with Gasteiger partial charge in [-0.2, -0.15) is 0 Å². The second-order valence-electron chi connectivity index (χ2n) is 10.9. The SMILES string of the molecule is COc1ccc(CN2Cc3c(F)c(N[C@@H]4CCCNC4)nc(Nc4ccc(N5CCOCC5)cc4F)c3C2=O)c(OC)c1. The third-order valence-electron chi connectivity index (χ3n) is 8.16. The van der Waals surface area contributed by atoms with E-state index in [9.17, 15) is 4.79 Å². The number of nitrogens with one attached hydrogen (secondary N) is 3. The minimum absolute atomic E-state index is 0.0250. The summed E-state index contributed by atoms with van der Waals surface area (Å²) in [5.41, 5.74) is 1.93. The quantitative estimate of drug-likeness (QED) is 0.335. The summed E-state index contributed by atoms with van der Waals surface area (Å²) < 4.78 is 47.7. The first kappa shape index (κ1) is 28.9. The van der Waals surface area contributed by atoms with E-state index >= 15 is 8.78 Å². The maximum absolute atomic E-state index is 16.0. The summed E-state index contributed by atoms with van der Waals surface area (Å²) in [6.07, 6.45) is 1.81. The van der Waals surface area contributed by atoms with E-state index in [0.717, 1.165) is 30.6 Å². The van der Waals surface area contributed by atoms with Crippen LogP contribution in [0.2, 0.25) is 0 Å². The molecule has 2 aromatic carbocycles. The predicted octanol–water partition coefficient (Wildman–Crippen LogP) is 4.28. The normalized spacial score (nSPS) is 18.4. The van der Waals surface area contributed by atoms with E-state index in [4.69, 9.17) is 14.2 Å². The molecule has 43 heavy (non-hydrogen) atoms. The molecule has 1 atom stereocenters. The molecule has 10 nitrogen and oxygen atoms in total. The number of aromatic nitrogens is 1. The fourth-order valence-corrected chi connectivity index (χ4v) is 5.83. The number of rotatable bonds is 9. The zero-order chi connectivity index (χ0) is 29.9. The number of piperidine rings is 1. The van der Waals surface area contributed by atoms with Crippen LogP contribution in [0.4, 0.5) is 31.8 Å². The second-order valence-corrected chi connectivity index (χ2v) is 10.9. The molecule has 1 aromatic heterocycles. The lowest BCUT2D eigenvalue weighted by atomic mass is 10.1. The van der Waals surface area contributed by atoms with Gasteiger partial charge in [0.05, 0.1) is 45.2 Å². The topological polar surface area (TPSA) is 100 Å². The van der Waals surface area contributed by atoms with Crippen LogP contribution in [0.15, 0.2) is 36.4 Å². The molecule has 228 valence electrons. The number of methoxy groups -OCH3 is 2. The lowest BCUT2D eigenvalue weighted by Gasteiger charge is -2.29. The number of benzene rings is 2. The Kier molecular flexibility index (Phi) is 8.48. The first-order valence-electron chi connectivity index (χ1n) is 14.5. The van der Waals surface area contributed by atoms with Crippen molar-refractivity contribution in [1.82, 2.24) is 15.2 Å². The summed E-state index contributed by atoms with van der Waals surface area (Å²) in [6, 6.07) is 10.2. The number of fused-ring (bicyclic) bond motifs is 1. The first-order chi connectivity index (χ1) is 20.9. The second kappa shape index (κ2) is 12.6. The number of nitrogens with zero attached hydrogens (tertiary/aromatic N) is 3. The van der Waals surface area contributed by atoms with Gasteiger partial charge in [-0.3, -0.25) is 4.79 Å². The van der Waals surface area contributed by atoms with Crippen LogP contribution in [-0.4, -0.2) is 75.4 Å². The van der Waals surface area contributed by atoms with Crippen LogP contribution in [0.3, 0.4) is 0 Å². The molecule has 3 aliphatic rings. The van der Waals surface area contributed by atoms with Gasteiger partial charge >= 0.3 is 0 Å². The van der Waals surface area contributed by atoms with Gasteiger partial charge in [0.1, 0.15) is 23.1 Å². The Hall–Kier alpha value is -4.16. The van der Waals surface area contributed by atoms with Crippen molar-refractivity contribution in [3.8, 4) is 11.5 Å². The molecule has 0 spiro atoms. The van der Waals surface area contributed by atoms with Gasteiger partial charge in [0, 0.05) is 55.1 Å². The largest absolute Gasteiger partial charge is 0.497 e. The number of carbonyl (C=O) groups excluding carboxylic acids is 1. The number of ether oxygens (including phenoxy) is 3. The summed E-state index contributed by atoms with van der Waals surface area (Å²) in [6.45, 7) is 4.30. The Labute approximate surface area is 249 Å². The van der Waals surface area contributed by atoms with E-state index in [-0.39, 0.29) is 47.6 Å². The molecule has 0 aliphatic carbocycles. The van der Waals surface area contributed by atoms with Gasteiger partial charge in [-0.05, 0) is 49.7 Å². The number of hydrogen-bond donors (Lipinski definition) is 3. The van der Waals surface area contributed by atoms with E-state index < -0.39 is 17.5 Å². The molecule has 2 saturated heterocycles. The fraction of sp³-hybridized carbons (Fsp3) is 0.419. The number of halogens is 2. The summed E-state index contributed by atoms with van der Waals surface area (Å²) in [4.78, 5) is 21.9.